The van der Waals surface area contributed by atoms with Crippen LogP contribution in [0.1, 0.15) is 52.0 Å². The Kier molecular flexibility index (Phi) is 10.8. The lowest BCUT2D eigenvalue weighted by Crippen LogP contribution is -2.23. The van der Waals surface area contributed by atoms with Gasteiger partial charge in [-0.1, -0.05) is 51.8 Å². The zero-order valence-electron chi connectivity index (χ0n) is 14.3. The fraction of sp³-hybridized carbons (Fsp3) is 0.611. The van der Waals surface area contributed by atoms with Crippen LogP contribution in [0, 0.1) is 6.92 Å². The van der Waals surface area contributed by atoms with E-state index >= 15 is 0 Å². The molecule has 0 aliphatic carbocycles. The minimum Gasteiger partial charge on any atom is -0.271 e. The SMILES string of the molecule is CC.CCCCCC[N+](C)=CN(C)c1ccccc1C. The Labute approximate surface area is 126 Å². The number of nitrogens with zero attached hydrogens (tertiary/aromatic N) is 2. The molecule has 0 saturated carbocycles. The van der Waals surface area contributed by atoms with Crippen molar-refractivity contribution in [3.8, 4) is 0 Å². The number of hydrogen-bond acceptors (Lipinski definition) is 0. The zero-order valence-corrected chi connectivity index (χ0v) is 14.3. The van der Waals surface area contributed by atoms with Crippen molar-refractivity contribution in [2.45, 2.75) is 53.4 Å². The molecule has 0 heterocycles. The van der Waals surface area contributed by atoms with E-state index in [0.29, 0.717) is 0 Å². The van der Waals surface area contributed by atoms with Gasteiger partial charge in [-0.2, -0.15) is 0 Å². The maximum Gasteiger partial charge on any atom is 0.238 e. The number of rotatable bonds is 7. The Bertz CT molecular complexity index is 383. The molecule has 114 valence electrons. The summed E-state index contributed by atoms with van der Waals surface area (Å²) in [7, 11) is 4.27. The largest absolute Gasteiger partial charge is 0.271 e. The topological polar surface area (TPSA) is 6.25 Å². The van der Waals surface area contributed by atoms with Crippen molar-refractivity contribution in [2.75, 3.05) is 25.5 Å². The second-order valence-electron chi connectivity index (χ2n) is 5.05. The third-order valence-corrected chi connectivity index (χ3v) is 3.23. The monoisotopic (exact) mass is 277 g/mol. The molecule has 1 aromatic rings. The lowest BCUT2D eigenvalue weighted by atomic mass is 10.2. The number of aryl methyl sites for hydroxylation is 1. The number of para-hydroxylation sites is 1. The van der Waals surface area contributed by atoms with Crippen LogP contribution in [0.2, 0.25) is 0 Å². The molecule has 0 unspecified atom stereocenters. The zero-order chi connectivity index (χ0) is 15.4. The average Bonchev–Trinajstić information content (AvgIpc) is 2.46. The molecule has 0 aliphatic rings. The highest BCUT2D eigenvalue weighted by atomic mass is 15.2. The van der Waals surface area contributed by atoms with Gasteiger partial charge in [0.2, 0.25) is 6.34 Å². The fourth-order valence-corrected chi connectivity index (χ4v) is 2.16. The minimum atomic E-state index is 1.14. The van der Waals surface area contributed by atoms with Crippen LogP contribution in [0.15, 0.2) is 24.3 Å². The summed E-state index contributed by atoms with van der Waals surface area (Å²) in [6.07, 6.45) is 7.46. The molecule has 2 nitrogen and oxygen atoms in total. The normalized spacial score (nSPS) is 10.8. The number of anilines is 1. The Balaban J connectivity index is 0.00000172. The van der Waals surface area contributed by atoms with Gasteiger partial charge in [0, 0.05) is 0 Å². The minimum absolute atomic E-state index is 1.14. The average molecular weight is 277 g/mol. The Hall–Kier alpha value is -1.31. The molecule has 0 fully saturated rings. The van der Waals surface area contributed by atoms with E-state index in [1.165, 1.54) is 36.9 Å². The highest BCUT2D eigenvalue weighted by molar-refractivity contribution is 5.76. The third kappa shape index (κ3) is 7.32. The molecule has 0 aliphatic heterocycles. The molecule has 0 aromatic heterocycles. The summed E-state index contributed by atoms with van der Waals surface area (Å²) in [5.74, 6) is 0. The summed E-state index contributed by atoms with van der Waals surface area (Å²) in [4.78, 5) is 2.20. The van der Waals surface area contributed by atoms with Crippen molar-refractivity contribution in [1.29, 1.82) is 0 Å². The highest BCUT2D eigenvalue weighted by Crippen LogP contribution is 2.16. The summed E-state index contributed by atoms with van der Waals surface area (Å²) in [6, 6.07) is 8.49. The van der Waals surface area contributed by atoms with Crippen LogP contribution in [0.3, 0.4) is 0 Å². The first-order valence-corrected chi connectivity index (χ1v) is 7.99. The fourth-order valence-electron chi connectivity index (χ4n) is 2.16. The molecular formula is C18H33N2+. The quantitative estimate of drug-likeness (QED) is 0.303. The smallest absolute Gasteiger partial charge is 0.238 e. The van der Waals surface area contributed by atoms with E-state index in [9.17, 15) is 0 Å². The van der Waals surface area contributed by atoms with Crippen molar-refractivity contribution in [2.24, 2.45) is 0 Å². The van der Waals surface area contributed by atoms with Crippen molar-refractivity contribution < 1.29 is 4.58 Å². The Morgan fingerprint density at radius 3 is 2.35 bits per heavy atom. The first kappa shape index (κ1) is 18.7. The molecule has 2 heteroatoms. The van der Waals surface area contributed by atoms with Crippen LogP contribution < -0.4 is 4.90 Å². The summed E-state index contributed by atoms with van der Waals surface area (Å²) in [5, 5.41) is 0. The van der Waals surface area contributed by atoms with Gasteiger partial charge in [-0.3, -0.25) is 4.58 Å². The molecule has 0 saturated heterocycles. The van der Waals surface area contributed by atoms with E-state index in [1.54, 1.807) is 0 Å². The maximum atomic E-state index is 2.28. The standard InChI is InChI=1S/C16H27N2.C2H6/c1-5-6-7-10-13-17(3)14-18(4)16-12-9-8-11-15(16)2;1-2/h8-9,11-12,14H,5-7,10,13H2,1-4H3;1-2H3/q+1;. The molecule has 1 rings (SSSR count). The molecule has 0 spiro atoms. The van der Waals surface area contributed by atoms with E-state index < -0.39 is 0 Å². The van der Waals surface area contributed by atoms with Crippen LogP contribution in [0.4, 0.5) is 5.69 Å². The molecule has 0 N–H and O–H groups in total. The number of hydrogen-bond donors (Lipinski definition) is 0. The van der Waals surface area contributed by atoms with Crippen LogP contribution >= 0.6 is 0 Å². The molecular weight excluding hydrogens is 244 g/mol. The van der Waals surface area contributed by atoms with Crippen LogP contribution in [0.25, 0.3) is 0 Å². The van der Waals surface area contributed by atoms with Gasteiger partial charge in [0.05, 0.1) is 20.6 Å². The lowest BCUT2D eigenvalue weighted by Gasteiger charge is -2.11. The second kappa shape index (κ2) is 11.5. The van der Waals surface area contributed by atoms with Crippen LogP contribution in [0.5, 0.6) is 0 Å². The number of benzene rings is 1. The molecule has 0 atom stereocenters. The molecule has 0 amide bonds. The predicted octanol–water partition coefficient (Wildman–Crippen LogP) is 4.71. The highest BCUT2D eigenvalue weighted by Gasteiger charge is 2.07. The van der Waals surface area contributed by atoms with Gasteiger partial charge in [-0.25, -0.2) is 4.90 Å². The second-order valence-corrected chi connectivity index (χ2v) is 5.05. The predicted molar refractivity (Wildman–Crippen MR) is 92.2 cm³/mol. The van der Waals surface area contributed by atoms with Crippen molar-refractivity contribution in [3.63, 3.8) is 0 Å². The van der Waals surface area contributed by atoms with Crippen molar-refractivity contribution >= 4 is 12.0 Å². The molecule has 20 heavy (non-hydrogen) atoms. The van der Waals surface area contributed by atoms with Gasteiger partial charge in [0.1, 0.15) is 5.69 Å². The first-order chi connectivity index (χ1) is 9.65. The summed E-state index contributed by atoms with van der Waals surface area (Å²) >= 11 is 0. The van der Waals surface area contributed by atoms with Gasteiger partial charge >= 0.3 is 0 Å². The van der Waals surface area contributed by atoms with E-state index in [2.05, 4.69) is 68.0 Å². The van der Waals surface area contributed by atoms with Crippen LogP contribution in [-0.4, -0.2) is 31.6 Å². The molecule has 0 radical (unpaired) electrons. The molecule has 0 bridgehead atoms. The number of unbranched alkanes of at least 4 members (excludes halogenated alkanes) is 3. The third-order valence-electron chi connectivity index (χ3n) is 3.23. The molecule has 1 aromatic carbocycles. The van der Waals surface area contributed by atoms with Gasteiger partial charge in [-0.15, -0.1) is 0 Å². The summed E-state index contributed by atoms with van der Waals surface area (Å²) < 4.78 is 2.28. The van der Waals surface area contributed by atoms with E-state index in [0.717, 1.165) is 6.54 Å². The summed E-state index contributed by atoms with van der Waals surface area (Å²) in [6.45, 7) is 9.54. The van der Waals surface area contributed by atoms with Crippen LogP contribution in [-0.2, 0) is 0 Å². The Morgan fingerprint density at radius 2 is 1.75 bits per heavy atom. The van der Waals surface area contributed by atoms with Gasteiger partial charge in [-0.05, 0) is 31.4 Å². The maximum absolute atomic E-state index is 2.28. The van der Waals surface area contributed by atoms with E-state index in [4.69, 9.17) is 0 Å². The first-order valence-electron chi connectivity index (χ1n) is 7.99. The van der Waals surface area contributed by atoms with Gasteiger partial charge < -0.3 is 0 Å². The summed E-state index contributed by atoms with van der Waals surface area (Å²) in [5.41, 5.74) is 2.59. The van der Waals surface area contributed by atoms with Crippen molar-refractivity contribution in [1.82, 2.24) is 0 Å². The van der Waals surface area contributed by atoms with Gasteiger partial charge in [0.25, 0.3) is 0 Å². The van der Waals surface area contributed by atoms with Crippen molar-refractivity contribution in [3.05, 3.63) is 29.8 Å². The van der Waals surface area contributed by atoms with E-state index in [-0.39, 0.29) is 0 Å². The lowest BCUT2D eigenvalue weighted by molar-refractivity contribution is -0.494. The Morgan fingerprint density at radius 1 is 1.10 bits per heavy atom. The van der Waals surface area contributed by atoms with E-state index in [1.807, 2.05) is 13.8 Å². The van der Waals surface area contributed by atoms with Gasteiger partial charge in [0.15, 0.2) is 0 Å².